The summed E-state index contributed by atoms with van der Waals surface area (Å²) in [5, 5.41) is 7.36. The highest BCUT2D eigenvalue weighted by atomic mass is 32.2. The van der Waals surface area contributed by atoms with Crippen LogP contribution in [0.5, 0.6) is 0 Å². The second-order valence-electron chi connectivity index (χ2n) is 5.65. The average molecular weight is 335 g/mol. The first-order valence-electron chi connectivity index (χ1n) is 7.81. The Morgan fingerprint density at radius 1 is 1.39 bits per heavy atom. The zero-order chi connectivity index (χ0) is 16.8. The lowest BCUT2D eigenvalue weighted by atomic mass is 10.1. The van der Waals surface area contributed by atoms with Gasteiger partial charge in [0.05, 0.1) is 17.7 Å². The topological polar surface area (TPSA) is 75.6 Å². The highest BCUT2D eigenvalue weighted by molar-refractivity contribution is 7.98. The largest absolute Gasteiger partial charge is 0.355 e. The number of nitrogens with one attached hydrogen (secondary N) is 2. The fourth-order valence-electron chi connectivity index (χ4n) is 2.47. The highest BCUT2D eigenvalue weighted by Crippen LogP contribution is 2.14. The van der Waals surface area contributed by atoms with Gasteiger partial charge in [0.1, 0.15) is 0 Å². The number of hydrogen-bond donors (Lipinski definition) is 2. The second kappa shape index (κ2) is 8.19. The van der Waals surface area contributed by atoms with Crippen molar-refractivity contribution in [2.24, 2.45) is 7.05 Å². The minimum Gasteiger partial charge on any atom is -0.355 e. The molecular formula is C16H25N5OS. The molecule has 7 heteroatoms. The van der Waals surface area contributed by atoms with Crippen LogP contribution in [0.3, 0.4) is 0 Å². The molecule has 0 bridgehead atoms. The number of aryl methyl sites for hydroxylation is 3. The Labute approximate surface area is 141 Å². The van der Waals surface area contributed by atoms with Crippen LogP contribution < -0.4 is 5.32 Å². The number of nitrogens with zero attached hydrogens (tertiary/aromatic N) is 3. The minimum absolute atomic E-state index is 0.101. The van der Waals surface area contributed by atoms with E-state index < -0.39 is 0 Å². The molecule has 23 heavy (non-hydrogen) atoms. The molecule has 1 amide bonds. The van der Waals surface area contributed by atoms with Crippen molar-refractivity contribution >= 4 is 17.7 Å². The van der Waals surface area contributed by atoms with Crippen LogP contribution in [-0.4, -0.2) is 38.0 Å². The number of thioether (sulfide) groups is 1. The molecule has 2 heterocycles. The van der Waals surface area contributed by atoms with E-state index in [9.17, 15) is 4.79 Å². The SMILES string of the molecule is Cc1nn(C)c(C)c1CCC(=O)NCCSCc1nc[nH]c1C. The van der Waals surface area contributed by atoms with Gasteiger partial charge < -0.3 is 10.3 Å². The molecule has 0 radical (unpaired) electrons. The average Bonchev–Trinajstić information content (AvgIpc) is 3.01. The van der Waals surface area contributed by atoms with Crippen LogP contribution in [0.2, 0.25) is 0 Å². The van der Waals surface area contributed by atoms with Crippen LogP contribution in [0.25, 0.3) is 0 Å². The standard InChI is InChI=1S/C16H25N5OS/c1-11-14(13(3)21(4)20-11)5-6-16(22)17-7-8-23-9-15-12(2)18-10-19-15/h10H,5-9H2,1-4H3,(H,17,22)(H,18,19). The van der Waals surface area contributed by atoms with Gasteiger partial charge in [-0.1, -0.05) is 0 Å². The summed E-state index contributed by atoms with van der Waals surface area (Å²) in [5.74, 6) is 1.87. The predicted octanol–water partition coefficient (Wildman–Crippen LogP) is 2.05. The van der Waals surface area contributed by atoms with E-state index in [2.05, 4.69) is 20.4 Å². The number of carbonyl (C=O) groups is 1. The molecular weight excluding hydrogens is 310 g/mol. The summed E-state index contributed by atoms with van der Waals surface area (Å²) >= 11 is 1.78. The van der Waals surface area contributed by atoms with E-state index in [0.717, 1.165) is 40.7 Å². The van der Waals surface area contributed by atoms with Gasteiger partial charge in [-0.25, -0.2) is 4.98 Å². The lowest BCUT2D eigenvalue weighted by Crippen LogP contribution is -2.26. The van der Waals surface area contributed by atoms with E-state index in [1.54, 1.807) is 18.1 Å². The summed E-state index contributed by atoms with van der Waals surface area (Å²) in [6, 6.07) is 0. The van der Waals surface area contributed by atoms with Gasteiger partial charge in [-0.3, -0.25) is 9.48 Å². The van der Waals surface area contributed by atoms with Gasteiger partial charge in [-0.2, -0.15) is 16.9 Å². The minimum atomic E-state index is 0.101. The lowest BCUT2D eigenvalue weighted by Gasteiger charge is -2.06. The van der Waals surface area contributed by atoms with Crippen molar-refractivity contribution in [2.75, 3.05) is 12.3 Å². The molecule has 0 aliphatic heterocycles. The van der Waals surface area contributed by atoms with Gasteiger partial charge >= 0.3 is 0 Å². The van der Waals surface area contributed by atoms with Crippen molar-refractivity contribution in [1.82, 2.24) is 25.1 Å². The Hall–Kier alpha value is -1.76. The molecule has 0 saturated heterocycles. The zero-order valence-electron chi connectivity index (χ0n) is 14.3. The smallest absolute Gasteiger partial charge is 0.220 e. The van der Waals surface area contributed by atoms with Crippen LogP contribution >= 0.6 is 11.8 Å². The van der Waals surface area contributed by atoms with Crippen molar-refractivity contribution in [3.63, 3.8) is 0 Å². The Balaban J connectivity index is 1.63. The molecule has 0 atom stereocenters. The number of rotatable bonds is 8. The number of hydrogen-bond acceptors (Lipinski definition) is 4. The number of imidazole rings is 1. The first-order valence-corrected chi connectivity index (χ1v) is 8.97. The van der Waals surface area contributed by atoms with E-state index in [1.807, 2.05) is 32.5 Å². The molecule has 0 aliphatic carbocycles. The van der Waals surface area contributed by atoms with E-state index in [4.69, 9.17) is 0 Å². The second-order valence-corrected chi connectivity index (χ2v) is 6.75. The number of amides is 1. The van der Waals surface area contributed by atoms with Gasteiger partial charge in [0, 0.05) is 42.9 Å². The van der Waals surface area contributed by atoms with Crippen molar-refractivity contribution in [2.45, 2.75) is 39.4 Å². The molecule has 0 aliphatic rings. The van der Waals surface area contributed by atoms with Crippen LogP contribution in [0.1, 0.15) is 34.8 Å². The molecule has 2 rings (SSSR count). The molecule has 0 saturated carbocycles. The fraction of sp³-hybridized carbons (Fsp3) is 0.562. The van der Waals surface area contributed by atoms with Crippen LogP contribution in [0.15, 0.2) is 6.33 Å². The first kappa shape index (κ1) is 17.6. The lowest BCUT2D eigenvalue weighted by molar-refractivity contribution is -0.120. The summed E-state index contributed by atoms with van der Waals surface area (Å²) in [4.78, 5) is 19.3. The van der Waals surface area contributed by atoms with Gasteiger partial charge in [-0.15, -0.1) is 0 Å². The third-order valence-corrected chi connectivity index (χ3v) is 4.97. The summed E-state index contributed by atoms with van der Waals surface area (Å²) in [7, 11) is 1.93. The molecule has 6 nitrogen and oxygen atoms in total. The fourth-order valence-corrected chi connectivity index (χ4v) is 3.35. The normalized spacial score (nSPS) is 11.0. The molecule has 0 fully saturated rings. The molecule has 2 N–H and O–H groups in total. The third kappa shape index (κ3) is 4.86. The number of aromatic nitrogens is 4. The Morgan fingerprint density at radius 2 is 2.17 bits per heavy atom. The van der Waals surface area contributed by atoms with Crippen LogP contribution in [-0.2, 0) is 24.0 Å². The monoisotopic (exact) mass is 335 g/mol. The maximum atomic E-state index is 11.9. The van der Waals surface area contributed by atoms with Crippen LogP contribution in [0, 0.1) is 20.8 Å². The Kier molecular flexibility index (Phi) is 6.27. The van der Waals surface area contributed by atoms with E-state index in [-0.39, 0.29) is 5.91 Å². The number of H-pyrrole nitrogens is 1. The summed E-state index contributed by atoms with van der Waals surface area (Å²) in [6.07, 6.45) is 2.98. The van der Waals surface area contributed by atoms with Crippen molar-refractivity contribution in [3.8, 4) is 0 Å². The summed E-state index contributed by atoms with van der Waals surface area (Å²) < 4.78 is 1.87. The van der Waals surface area contributed by atoms with Crippen molar-refractivity contribution in [3.05, 3.63) is 34.7 Å². The molecule has 2 aromatic rings. The Morgan fingerprint density at radius 3 is 2.78 bits per heavy atom. The summed E-state index contributed by atoms with van der Waals surface area (Å²) in [5.41, 5.74) is 5.54. The molecule has 0 aromatic carbocycles. The maximum absolute atomic E-state index is 11.9. The first-order chi connectivity index (χ1) is 11.0. The molecule has 0 unspecified atom stereocenters. The molecule has 2 aromatic heterocycles. The quantitative estimate of drug-likeness (QED) is 0.724. The highest BCUT2D eigenvalue weighted by Gasteiger charge is 2.11. The van der Waals surface area contributed by atoms with Gasteiger partial charge in [-0.05, 0) is 32.8 Å². The van der Waals surface area contributed by atoms with Gasteiger partial charge in [0.25, 0.3) is 0 Å². The number of aromatic amines is 1. The molecule has 0 spiro atoms. The number of carbonyl (C=O) groups excluding carboxylic acids is 1. The van der Waals surface area contributed by atoms with Gasteiger partial charge in [0.2, 0.25) is 5.91 Å². The third-order valence-electron chi connectivity index (χ3n) is 4.00. The zero-order valence-corrected chi connectivity index (χ0v) is 15.1. The van der Waals surface area contributed by atoms with Crippen molar-refractivity contribution < 1.29 is 4.79 Å². The predicted molar refractivity (Wildman–Crippen MR) is 93.5 cm³/mol. The van der Waals surface area contributed by atoms with Gasteiger partial charge in [0.15, 0.2) is 0 Å². The maximum Gasteiger partial charge on any atom is 0.220 e. The van der Waals surface area contributed by atoms with E-state index >= 15 is 0 Å². The molecule has 126 valence electrons. The Bertz CT molecular complexity index is 661. The van der Waals surface area contributed by atoms with E-state index in [1.165, 1.54) is 5.56 Å². The van der Waals surface area contributed by atoms with E-state index in [0.29, 0.717) is 13.0 Å². The van der Waals surface area contributed by atoms with Crippen LogP contribution in [0.4, 0.5) is 0 Å². The van der Waals surface area contributed by atoms with Crippen molar-refractivity contribution in [1.29, 1.82) is 0 Å². The summed E-state index contributed by atoms with van der Waals surface area (Å²) in [6.45, 7) is 6.75.